The quantitative estimate of drug-likeness (QED) is 0.832. The van der Waals surface area contributed by atoms with Crippen molar-refractivity contribution in [3.05, 3.63) is 27.7 Å². The van der Waals surface area contributed by atoms with Crippen LogP contribution in [0.4, 0.5) is 5.69 Å². The summed E-state index contributed by atoms with van der Waals surface area (Å²) in [4.78, 5) is 12.0. The Morgan fingerprint density at radius 1 is 1.21 bits per heavy atom. The van der Waals surface area contributed by atoms with Gasteiger partial charge in [0.05, 0.1) is 15.7 Å². The zero-order valence-electron chi connectivity index (χ0n) is 10.7. The van der Waals surface area contributed by atoms with Gasteiger partial charge in [0.2, 0.25) is 0 Å². The van der Waals surface area contributed by atoms with Gasteiger partial charge in [0.15, 0.2) is 0 Å². The second kappa shape index (κ2) is 6.49. The number of hydrogen-bond donors (Lipinski definition) is 2. The summed E-state index contributed by atoms with van der Waals surface area (Å²) < 4.78 is 0. The minimum absolute atomic E-state index is 0.144. The highest BCUT2D eigenvalue weighted by Crippen LogP contribution is 2.29. The Labute approximate surface area is 123 Å². The molecule has 3 N–H and O–H groups in total. The lowest BCUT2D eigenvalue weighted by atomic mass is 9.89. The van der Waals surface area contributed by atoms with E-state index in [0.717, 1.165) is 6.54 Å². The Bertz CT molecular complexity index is 448. The van der Waals surface area contributed by atoms with E-state index in [2.05, 4.69) is 5.32 Å². The lowest BCUT2D eigenvalue weighted by Gasteiger charge is -2.21. The van der Waals surface area contributed by atoms with Crippen LogP contribution < -0.4 is 11.1 Å². The van der Waals surface area contributed by atoms with Crippen molar-refractivity contribution >= 4 is 34.8 Å². The zero-order valence-corrected chi connectivity index (χ0v) is 12.2. The van der Waals surface area contributed by atoms with Crippen molar-refractivity contribution < 1.29 is 4.79 Å². The van der Waals surface area contributed by atoms with Gasteiger partial charge in [0.25, 0.3) is 5.91 Å². The average molecular weight is 301 g/mol. The fourth-order valence-corrected chi connectivity index (χ4v) is 2.93. The van der Waals surface area contributed by atoms with Crippen LogP contribution in [0.25, 0.3) is 0 Å². The highest BCUT2D eigenvalue weighted by atomic mass is 35.5. The van der Waals surface area contributed by atoms with Gasteiger partial charge in [-0.2, -0.15) is 0 Å². The van der Waals surface area contributed by atoms with Gasteiger partial charge in [-0.25, -0.2) is 0 Å². The van der Waals surface area contributed by atoms with Crippen molar-refractivity contribution in [1.82, 2.24) is 5.32 Å². The van der Waals surface area contributed by atoms with Crippen LogP contribution in [0.3, 0.4) is 0 Å². The first-order valence-electron chi connectivity index (χ1n) is 6.60. The molecule has 1 aromatic carbocycles. The number of amides is 1. The molecule has 1 saturated carbocycles. The van der Waals surface area contributed by atoms with Crippen LogP contribution in [0.5, 0.6) is 0 Å². The third kappa shape index (κ3) is 3.77. The number of nitrogens with two attached hydrogens (primary N) is 1. The highest BCUT2D eigenvalue weighted by molar-refractivity contribution is 6.39. The number of nitrogens with one attached hydrogen (secondary N) is 1. The molecule has 0 bridgehead atoms. The maximum atomic E-state index is 12.0. The first-order valence-corrected chi connectivity index (χ1v) is 7.36. The molecule has 5 heteroatoms. The fraction of sp³-hybridized carbons (Fsp3) is 0.500. The zero-order chi connectivity index (χ0) is 13.8. The van der Waals surface area contributed by atoms with Crippen molar-refractivity contribution in [2.24, 2.45) is 5.92 Å². The van der Waals surface area contributed by atoms with Crippen LogP contribution in [0.1, 0.15) is 42.5 Å². The van der Waals surface area contributed by atoms with Gasteiger partial charge in [-0.05, 0) is 30.9 Å². The number of halogens is 2. The number of hydrogen-bond acceptors (Lipinski definition) is 2. The minimum Gasteiger partial charge on any atom is -0.396 e. The molecule has 0 spiro atoms. The van der Waals surface area contributed by atoms with Gasteiger partial charge in [-0.15, -0.1) is 0 Å². The summed E-state index contributed by atoms with van der Waals surface area (Å²) in [7, 11) is 0. The smallest absolute Gasteiger partial charge is 0.251 e. The molecule has 1 amide bonds. The minimum atomic E-state index is -0.144. The number of carbonyl (C=O) groups is 1. The van der Waals surface area contributed by atoms with Gasteiger partial charge in [0.1, 0.15) is 0 Å². The van der Waals surface area contributed by atoms with E-state index >= 15 is 0 Å². The molecule has 1 aromatic rings. The SMILES string of the molecule is Nc1c(Cl)cc(C(=O)NCC2CCCCC2)cc1Cl. The summed E-state index contributed by atoms with van der Waals surface area (Å²) >= 11 is 11.8. The molecule has 0 saturated heterocycles. The van der Waals surface area contributed by atoms with Gasteiger partial charge in [-0.1, -0.05) is 42.5 Å². The predicted octanol–water partition coefficient (Wildman–Crippen LogP) is 3.89. The number of anilines is 1. The molecule has 104 valence electrons. The molecule has 0 heterocycles. The van der Waals surface area contributed by atoms with Crippen molar-refractivity contribution in [3.8, 4) is 0 Å². The largest absolute Gasteiger partial charge is 0.396 e. The Morgan fingerprint density at radius 2 is 1.79 bits per heavy atom. The van der Waals surface area contributed by atoms with E-state index in [9.17, 15) is 4.79 Å². The van der Waals surface area contributed by atoms with Crippen molar-refractivity contribution in [1.29, 1.82) is 0 Å². The van der Waals surface area contributed by atoms with Gasteiger partial charge in [-0.3, -0.25) is 4.79 Å². The van der Waals surface area contributed by atoms with E-state index in [1.807, 2.05) is 0 Å². The molecule has 1 aliphatic carbocycles. The van der Waals surface area contributed by atoms with E-state index in [1.54, 1.807) is 12.1 Å². The Balaban J connectivity index is 1.96. The summed E-state index contributed by atoms with van der Waals surface area (Å²) in [5, 5.41) is 3.58. The standard InChI is InChI=1S/C14H18Cl2N2O/c15-11-6-10(7-12(16)13(11)17)14(19)18-8-9-4-2-1-3-5-9/h6-7,9H,1-5,8,17H2,(H,18,19). The maximum absolute atomic E-state index is 12.0. The van der Waals surface area contributed by atoms with E-state index in [-0.39, 0.29) is 5.91 Å². The third-order valence-corrected chi connectivity index (χ3v) is 4.24. The predicted molar refractivity (Wildman–Crippen MR) is 79.8 cm³/mol. The highest BCUT2D eigenvalue weighted by Gasteiger charge is 2.16. The van der Waals surface area contributed by atoms with E-state index < -0.39 is 0 Å². The van der Waals surface area contributed by atoms with Gasteiger partial charge < -0.3 is 11.1 Å². The molecular weight excluding hydrogens is 283 g/mol. The summed E-state index contributed by atoms with van der Waals surface area (Å²) in [6.45, 7) is 0.721. The third-order valence-electron chi connectivity index (χ3n) is 3.62. The van der Waals surface area contributed by atoms with Gasteiger partial charge >= 0.3 is 0 Å². The van der Waals surface area contributed by atoms with Crippen LogP contribution in [-0.4, -0.2) is 12.5 Å². The lowest BCUT2D eigenvalue weighted by molar-refractivity contribution is 0.0943. The summed E-state index contributed by atoms with van der Waals surface area (Å²) in [5.74, 6) is 0.451. The molecule has 0 unspecified atom stereocenters. The summed E-state index contributed by atoms with van der Waals surface area (Å²) in [5.41, 5.74) is 6.42. The second-order valence-corrected chi connectivity index (χ2v) is 5.88. The molecule has 1 aliphatic rings. The summed E-state index contributed by atoms with van der Waals surface area (Å²) in [6, 6.07) is 3.11. The van der Waals surface area contributed by atoms with Crippen molar-refractivity contribution in [2.45, 2.75) is 32.1 Å². The van der Waals surface area contributed by atoms with E-state index in [4.69, 9.17) is 28.9 Å². The molecule has 0 atom stereocenters. The average Bonchev–Trinajstić information content (AvgIpc) is 2.42. The molecule has 0 aliphatic heterocycles. The first kappa shape index (κ1) is 14.5. The molecule has 3 nitrogen and oxygen atoms in total. The molecular formula is C14H18Cl2N2O. The molecule has 19 heavy (non-hydrogen) atoms. The topological polar surface area (TPSA) is 55.1 Å². The summed E-state index contributed by atoms with van der Waals surface area (Å²) in [6.07, 6.45) is 6.24. The first-order chi connectivity index (χ1) is 9.08. The number of carbonyl (C=O) groups excluding carboxylic acids is 1. The van der Waals surface area contributed by atoms with Crippen LogP contribution in [-0.2, 0) is 0 Å². The fourth-order valence-electron chi connectivity index (χ4n) is 2.45. The number of rotatable bonds is 3. The normalized spacial score (nSPS) is 16.3. The van der Waals surface area contributed by atoms with Crippen LogP contribution >= 0.6 is 23.2 Å². The molecule has 0 aromatic heterocycles. The van der Waals surface area contributed by atoms with Crippen molar-refractivity contribution in [3.63, 3.8) is 0 Å². The Hall–Kier alpha value is -0.930. The second-order valence-electron chi connectivity index (χ2n) is 5.07. The number of nitrogen functional groups attached to an aromatic ring is 1. The molecule has 2 rings (SSSR count). The Kier molecular flexibility index (Phi) is 4.94. The molecule has 0 radical (unpaired) electrons. The lowest BCUT2D eigenvalue weighted by Crippen LogP contribution is -2.30. The Morgan fingerprint density at radius 3 is 2.37 bits per heavy atom. The maximum Gasteiger partial charge on any atom is 0.251 e. The van der Waals surface area contributed by atoms with E-state index in [1.165, 1.54) is 32.1 Å². The van der Waals surface area contributed by atoms with E-state index in [0.29, 0.717) is 27.2 Å². The molecule has 1 fully saturated rings. The van der Waals surface area contributed by atoms with Gasteiger partial charge in [0, 0.05) is 12.1 Å². The van der Waals surface area contributed by atoms with Crippen LogP contribution in [0, 0.1) is 5.92 Å². The van der Waals surface area contributed by atoms with Crippen LogP contribution in [0.15, 0.2) is 12.1 Å². The number of benzene rings is 1. The van der Waals surface area contributed by atoms with Crippen LogP contribution in [0.2, 0.25) is 10.0 Å². The van der Waals surface area contributed by atoms with Crippen molar-refractivity contribution in [2.75, 3.05) is 12.3 Å². The monoisotopic (exact) mass is 300 g/mol.